The van der Waals surface area contributed by atoms with E-state index in [9.17, 15) is 30.6 Å². The Morgan fingerprint density at radius 1 is 0.839 bits per heavy atom. The molecule has 0 aromatic carbocycles. The van der Waals surface area contributed by atoms with Crippen LogP contribution in [0, 0.1) is 16.7 Å². The van der Waals surface area contributed by atoms with Crippen LogP contribution in [0.1, 0.15) is 40.0 Å². The molecule has 0 spiro atoms. The molecule has 6 N–H and O–H groups in total. The van der Waals surface area contributed by atoms with Crippen molar-refractivity contribution < 1.29 is 49.6 Å². The highest BCUT2D eigenvalue weighted by Gasteiger charge is 2.63. The maximum absolute atomic E-state index is 10.5. The van der Waals surface area contributed by atoms with Crippen LogP contribution in [0.2, 0.25) is 0 Å². The van der Waals surface area contributed by atoms with E-state index in [1.54, 1.807) is 0 Å². The highest BCUT2D eigenvalue weighted by molar-refractivity contribution is 5.11. The topological polar surface area (TPSA) is 158 Å². The maximum Gasteiger partial charge on any atom is 0.186 e. The van der Waals surface area contributed by atoms with Crippen molar-refractivity contribution in [2.24, 2.45) is 16.7 Å². The summed E-state index contributed by atoms with van der Waals surface area (Å²) in [5.41, 5.74) is 0.0168. The van der Waals surface area contributed by atoms with Gasteiger partial charge in [0.05, 0.1) is 19.3 Å². The molecule has 31 heavy (non-hydrogen) atoms. The van der Waals surface area contributed by atoms with Crippen molar-refractivity contribution in [1.82, 2.24) is 0 Å². The fourth-order valence-corrected chi connectivity index (χ4v) is 5.86. The average Bonchev–Trinajstić information content (AvgIpc) is 3.21. The molecule has 2 aliphatic heterocycles. The second kappa shape index (κ2) is 8.43. The molecule has 4 aliphatic rings. The van der Waals surface area contributed by atoms with Gasteiger partial charge >= 0.3 is 0 Å². The summed E-state index contributed by atoms with van der Waals surface area (Å²) in [6, 6.07) is 0. The van der Waals surface area contributed by atoms with Crippen LogP contribution in [0.4, 0.5) is 0 Å². The molecular weight excluding hydrogens is 412 g/mol. The van der Waals surface area contributed by atoms with Crippen LogP contribution in [0.25, 0.3) is 0 Å². The van der Waals surface area contributed by atoms with Crippen LogP contribution in [-0.4, -0.2) is 105 Å². The van der Waals surface area contributed by atoms with Crippen molar-refractivity contribution in [2.45, 2.75) is 101 Å². The second-order valence-corrected chi connectivity index (χ2v) is 10.3. The molecule has 4 fully saturated rings. The van der Waals surface area contributed by atoms with Crippen LogP contribution in [0.15, 0.2) is 0 Å². The van der Waals surface area contributed by atoms with E-state index in [1.807, 2.05) is 0 Å². The van der Waals surface area contributed by atoms with Crippen molar-refractivity contribution in [2.75, 3.05) is 13.2 Å². The van der Waals surface area contributed by atoms with Gasteiger partial charge in [0.2, 0.25) is 0 Å². The van der Waals surface area contributed by atoms with Gasteiger partial charge in [0.15, 0.2) is 12.6 Å². The van der Waals surface area contributed by atoms with Crippen LogP contribution in [0.5, 0.6) is 0 Å². The molecule has 10 heteroatoms. The van der Waals surface area contributed by atoms with Gasteiger partial charge in [-0.05, 0) is 36.0 Å². The normalized spacial score (nSPS) is 53.9. The first-order chi connectivity index (χ1) is 14.5. The lowest BCUT2D eigenvalue weighted by Crippen LogP contribution is -2.60. The van der Waals surface area contributed by atoms with Crippen LogP contribution < -0.4 is 0 Å². The van der Waals surface area contributed by atoms with Gasteiger partial charge in [-0.1, -0.05) is 20.8 Å². The van der Waals surface area contributed by atoms with Crippen molar-refractivity contribution in [3.63, 3.8) is 0 Å². The Morgan fingerprint density at radius 3 is 2.00 bits per heavy atom. The lowest BCUT2D eigenvalue weighted by Gasteiger charge is -2.45. The zero-order valence-corrected chi connectivity index (χ0v) is 18.2. The van der Waals surface area contributed by atoms with E-state index in [0.29, 0.717) is 5.92 Å². The molecule has 2 aliphatic carbocycles. The third kappa shape index (κ3) is 3.74. The van der Waals surface area contributed by atoms with Gasteiger partial charge in [-0.3, -0.25) is 0 Å². The third-order valence-corrected chi connectivity index (χ3v) is 8.60. The van der Waals surface area contributed by atoms with Gasteiger partial charge in [-0.25, -0.2) is 0 Å². The Morgan fingerprint density at radius 2 is 1.45 bits per heavy atom. The molecular formula is C21H36O10. The summed E-state index contributed by atoms with van der Waals surface area (Å²) in [7, 11) is 0. The quantitative estimate of drug-likeness (QED) is 0.282. The first-order valence-electron chi connectivity index (χ1n) is 11.1. The smallest absolute Gasteiger partial charge is 0.186 e. The van der Waals surface area contributed by atoms with E-state index in [1.165, 1.54) is 0 Å². The number of ether oxygens (including phenoxy) is 4. The minimum Gasteiger partial charge on any atom is -0.394 e. The Kier molecular flexibility index (Phi) is 6.46. The minimum atomic E-state index is -1.50. The summed E-state index contributed by atoms with van der Waals surface area (Å²) in [6.45, 7) is 5.89. The Hall–Kier alpha value is -0.400. The standard InChI is InChI=1S/C21H36O10/c1-20(2)9-4-5-21(20,3)12(6-9)31-19-17(27)15(25)14(24)11(30-19)8-28-18-16(26)13(23)10(7-22)29-18/h9-19,22-27H,4-8H2,1-3H3/t9-,10-,11+,12+,13-,14+,15-,16+,17+,18+,19-,21+/m0/s1. The number of rotatable bonds is 6. The minimum absolute atomic E-state index is 0.0784. The monoisotopic (exact) mass is 448 g/mol. The molecule has 0 aromatic rings. The van der Waals surface area contributed by atoms with Gasteiger partial charge in [0.1, 0.15) is 42.7 Å². The highest BCUT2D eigenvalue weighted by Crippen LogP contribution is 2.66. The van der Waals surface area contributed by atoms with Gasteiger partial charge in [0, 0.05) is 0 Å². The summed E-state index contributed by atoms with van der Waals surface area (Å²) in [6.07, 6.45) is -8.61. The maximum atomic E-state index is 10.5. The van der Waals surface area contributed by atoms with E-state index < -0.39 is 61.9 Å². The number of hydrogen-bond acceptors (Lipinski definition) is 10. The van der Waals surface area contributed by atoms with E-state index in [2.05, 4.69) is 20.8 Å². The SMILES string of the molecule is CC1(C)[C@H]2CC[C@]1(C)[C@H](O[C@@H]1O[C@H](CO[C@@H]3O[C@@H](CO)[C@H](O)[C@H]3O)[C@@H](O)[C@H](O)[C@H]1O)C2. The Labute approximate surface area is 181 Å². The molecule has 10 nitrogen and oxygen atoms in total. The molecule has 2 bridgehead atoms. The third-order valence-electron chi connectivity index (χ3n) is 8.60. The zero-order chi connectivity index (χ0) is 22.7. The lowest BCUT2D eigenvalue weighted by molar-refractivity contribution is -0.326. The van der Waals surface area contributed by atoms with Crippen LogP contribution in [-0.2, 0) is 18.9 Å². The molecule has 0 radical (unpaired) electrons. The predicted octanol–water partition coefficient (Wildman–Crippen LogP) is -1.52. The first kappa shape index (κ1) is 23.7. The molecule has 2 heterocycles. The lowest BCUT2D eigenvalue weighted by atomic mass is 9.70. The van der Waals surface area contributed by atoms with Gasteiger partial charge < -0.3 is 49.6 Å². The van der Waals surface area contributed by atoms with E-state index >= 15 is 0 Å². The summed E-state index contributed by atoms with van der Waals surface area (Å²) in [5.74, 6) is 0.518. The van der Waals surface area contributed by atoms with E-state index in [4.69, 9.17) is 18.9 Å². The molecule has 12 atom stereocenters. The summed E-state index contributed by atoms with van der Waals surface area (Å²) < 4.78 is 22.7. The molecule has 2 saturated carbocycles. The summed E-state index contributed by atoms with van der Waals surface area (Å²) in [5, 5.41) is 60.2. The summed E-state index contributed by atoms with van der Waals surface area (Å²) in [4.78, 5) is 0. The molecule has 4 rings (SSSR count). The molecule has 2 saturated heterocycles. The van der Waals surface area contributed by atoms with Crippen molar-refractivity contribution >= 4 is 0 Å². The first-order valence-corrected chi connectivity index (χ1v) is 11.1. The molecule has 0 amide bonds. The van der Waals surface area contributed by atoms with Gasteiger partial charge in [-0.15, -0.1) is 0 Å². The molecule has 0 unspecified atom stereocenters. The number of aliphatic hydroxyl groups is 6. The number of aliphatic hydroxyl groups excluding tert-OH is 6. The zero-order valence-electron chi connectivity index (χ0n) is 18.2. The van der Waals surface area contributed by atoms with Crippen molar-refractivity contribution in [3.8, 4) is 0 Å². The Bertz CT molecular complexity index is 646. The van der Waals surface area contributed by atoms with Gasteiger partial charge in [-0.2, -0.15) is 0 Å². The van der Waals surface area contributed by atoms with E-state index in [-0.39, 0.29) is 23.5 Å². The van der Waals surface area contributed by atoms with Crippen molar-refractivity contribution in [1.29, 1.82) is 0 Å². The van der Waals surface area contributed by atoms with Gasteiger partial charge in [0.25, 0.3) is 0 Å². The predicted molar refractivity (Wildman–Crippen MR) is 104 cm³/mol. The Balaban J connectivity index is 1.39. The summed E-state index contributed by atoms with van der Waals surface area (Å²) >= 11 is 0. The van der Waals surface area contributed by atoms with Crippen LogP contribution >= 0.6 is 0 Å². The number of hydrogen-bond donors (Lipinski definition) is 6. The fourth-order valence-electron chi connectivity index (χ4n) is 5.86. The molecule has 0 aromatic heterocycles. The average molecular weight is 449 g/mol. The molecule has 180 valence electrons. The van der Waals surface area contributed by atoms with E-state index in [0.717, 1.165) is 19.3 Å². The van der Waals surface area contributed by atoms with Crippen molar-refractivity contribution in [3.05, 3.63) is 0 Å². The fraction of sp³-hybridized carbons (Fsp3) is 1.00. The van der Waals surface area contributed by atoms with Crippen LogP contribution in [0.3, 0.4) is 0 Å². The number of fused-ring (bicyclic) bond motifs is 2. The second-order valence-electron chi connectivity index (χ2n) is 10.3. The largest absolute Gasteiger partial charge is 0.394 e. The highest BCUT2D eigenvalue weighted by atomic mass is 16.7.